The lowest BCUT2D eigenvalue weighted by molar-refractivity contribution is -0.143. The Morgan fingerprint density at radius 1 is 1.15 bits per heavy atom. The average Bonchev–Trinajstić information content (AvgIpc) is 3.14. The zero-order valence-electron chi connectivity index (χ0n) is 20.2. The first-order chi connectivity index (χ1) is 15.7. The molecule has 3 N–H and O–H groups in total. The van der Waals surface area contributed by atoms with Gasteiger partial charge in [0.05, 0.1) is 18.1 Å². The van der Waals surface area contributed by atoms with Crippen LogP contribution in [0.1, 0.15) is 48.3 Å². The number of carbonyl (C=O) groups excluding carboxylic acids is 2. The number of nitrogen functional groups attached to an aromatic ring is 1. The number of nitrogens with zero attached hydrogens (tertiary/aromatic N) is 2. The summed E-state index contributed by atoms with van der Waals surface area (Å²) in [4.78, 5) is 29.2. The molecule has 3 aromatic rings. The molecule has 8 heteroatoms. The van der Waals surface area contributed by atoms with Gasteiger partial charge in [-0.1, -0.05) is 32.0 Å². The van der Waals surface area contributed by atoms with Gasteiger partial charge in [0.1, 0.15) is 17.5 Å². The Bertz CT molecular complexity index is 1080. The number of carbonyl (C=O) groups is 2. The number of methoxy groups -OCH3 is 1. The fourth-order valence-corrected chi connectivity index (χ4v) is 3.29. The summed E-state index contributed by atoms with van der Waals surface area (Å²) in [5.74, 6) is 0.198. The van der Waals surface area contributed by atoms with Crippen molar-refractivity contribution in [2.45, 2.75) is 59.1 Å². The van der Waals surface area contributed by atoms with Gasteiger partial charge in [-0.15, -0.1) is 0 Å². The molecule has 33 heavy (non-hydrogen) atoms. The SMILES string of the molecule is CC.COC(=O)C(CCc1nc2cc(N)ccc2n1-c1ccccc1)NC(=O)OC(C)(C)C.[HH]. The van der Waals surface area contributed by atoms with Crippen LogP contribution < -0.4 is 11.1 Å². The van der Waals surface area contributed by atoms with Gasteiger partial charge in [0, 0.05) is 19.2 Å². The number of esters is 1. The number of ether oxygens (including phenoxy) is 2. The number of para-hydroxylation sites is 1. The Morgan fingerprint density at radius 2 is 1.82 bits per heavy atom. The fourth-order valence-electron chi connectivity index (χ4n) is 3.29. The molecule has 8 nitrogen and oxygen atoms in total. The van der Waals surface area contributed by atoms with E-state index in [4.69, 9.17) is 20.2 Å². The van der Waals surface area contributed by atoms with E-state index in [1.54, 1.807) is 20.8 Å². The first kappa shape index (κ1) is 25.7. The summed E-state index contributed by atoms with van der Waals surface area (Å²) in [7, 11) is 1.29. The molecule has 0 aliphatic carbocycles. The Kier molecular flexibility index (Phi) is 8.85. The number of anilines is 1. The Labute approximate surface area is 196 Å². The largest absolute Gasteiger partial charge is 0.467 e. The molecule has 0 aliphatic heterocycles. The molecule has 180 valence electrons. The van der Waals surface area contributed by atoms with Gasteiger partial charge in [-0.3, -0.25) is 4.57 Å². The predicted molar refractivity (Wildman–Crippen MR) is 132 cm³/mol. The van der Waals surface area contributed by atoms with Crippen molar-refractivity contribution in [1.29, 1.82) is 0 Å². The number of nitrogens with two attached hydrogens (primary N) is 1. The van der Waals surface area contributed by atoms with Gasteiger partial charge in [-0.25, -0.2) is 14.6 Å². The zero-order chi connectivity index (χ0) is 24.6. The van der Waals surface area contributed by atoms with Gasteiger partial charge in [0.2, 0.25) is 0 Å². The van der Waals surface area contributed by atoms with Crippen molar-refractivity contribution in [3.63, 3.8) is 0 Å². The number of aryl methyl sites for hydroxylation is 1. The van der Waals surface area contributed by atoms with Crippen molar-refractivity contribution in [3.05, 3.63) is 54.4 Å². The minimum Gasteiger partial charge on any atom is -0.467 e. The van der Waals surface area contributed by atoms with E-state index in [0.717, 1.165) is 22.5 Å². The number of hydrogen-bond donors (Lipinski definition) is 2. The van der Waals surface area contributed by atoms with Crippen LogP contribution >= 0.6 is 0 Å². The van der Waals surface area contributed by atoms with Crippen LogP contribution in [0, 0.1) is 0 Å². The van der Waals surface area contributed by atoms with Crippen LogP contribution in [-0.2, 0) is 20.7 Å². The van der Waals surface area contributed by atoms with Crippen molar-refractivity contribution < 1.29 is 20.5 Å². The lowest BCUT2D eigenvalue weighted by atomic mass is 10.1. The number of nitrogens with one attached hydrogen (secondary N) is 1. The molecule has 1 aromatic heterocycles. The summed E-state index contributed by atoms with van der Waals surface area (Å²) in [6.07, 6.45) is 0.0311. The van der Waals surface area contributed by atoms with Crippen molar-refractivity contribution >= 4 is 28.8 Å². The second-order valence-corrected chi connectivity index (χ2v) is 8.21. The number of benzene rings is 2. The molecule has 0 spiro atoms. The van der Waals surface area contributed by atoms with Crippen LogP contribution in [0.5, 0.6) is 0 Å². The maximum absolute atomic E-state index is 12.3. The highest BCUT2D eigenvalue weighted by molar-refractivity contribution is 5.82. The molecular formula is C25H36N4O4. The Hall–Kier alpha value is -3.55. The number of fused-ring (bicyclic) bond motifs is 1. The molecule has 1 atom stereocenters. The van der Waals surface area contributed by atoms with E-state index in [1.165, 1.54) is 7.11 Å². The quantitative estimate of drug-likeness (QED) is 0.404. The molecule has 1 unspecified atom stereocenters. The first-order valence-electron chi connectivity index (χ1n) is 11.1. The molecule has 0 saturated carbocycles. The lowest BCUT2D eigenvalue weighted by Gasteiger charge is -2.22. The van der Waals surface area contributed by atoms with E-state index in [-0.39, 0.29) is 7.85 Å². The minimum absolute atomic E-state index is 0. The second-order valence-electron chi connectivity index (χ2n) is 8.21. The monoisotopic (exact) mass is 456 g/mol. The number of rotatable bonds is 6. The third-order valence-corrected chi connectivity index (χ3v) is 4.60. The standard InChI is InChI=1S/C23H28N4O4.C2H6.H2/c1-23(2,3)31-22(29)26-17(21(28)30-4)11-13-20-25-18-14-15(24)10-12-19(18)27(20)16-8-6-5-7-9-16;1-2;/h5-10,12,14,17H,11,13,24H2,1-4H3,(H,26,29);1-2H3;1H. The molecule has 0 saturated heterocycles. The van der Waals surface area contributed by atoms with Gasteiger partial charge in [0.15, 0.2) is 0 Å². The van der Waals surface area contributed by atoms with E-state index >= 15 is 0 Å². The summed E-state index contributed by atoms with van der Waals surface area (Å²) in [6, 6.07) is 14.5. The van der Waals surface area contributed by atoms with E-state index in [1.807, 2.05) is 66.9 Å². The Balaban J connectivity index is 0.00000188. The number of aromatic nitrogens is 2. The van der Waals surface area contributed by atoms with Crippen LogP contribution in [0.15, 0.2) is 48.5 Å². The maximum atomic E-state index is 12.3. The summed E-state index contributed by atoms with van der Waals surface area (Å²) in [5.41, 5.74) is 8.49. The van der Waals surface area contributed by atoms with Crippen LogP contribution in [0.25, 0.3) is 16.7 Å². The van der Waals surface area contributed by atoms with Gasteiger partial charge in [0.25, 0.3) is 0 Å². The van der Waals surface area contributed by atoms with Gasteiger partial charge in [-0.2, -0.15) is 0 Å². The van der Waals surface area contributed by atoms with Crippen molar-refractivity contribution in [3.8, 4) is 5.69 Å². The smallest absolute Gasteiger partial charge is 0.408 e. The average molecular weight is 457 g/mol. The normalized spacial score (nSPS) is 11.8. The summed E-state index contributed by atoms with van der Waals surface area (Å²) in [5, 5.41) is 2.60. The lowest BCUT2D eigenvalue weighted by Crippen LogP contribution is -2.44. The highest BCUT2D eigenvalue weighted by Gasteiger charge is 2.26. The minimum atomic E-state index is -0.867. The predicted octanol–water partition coefficient (Wildman–Crippen LogP) is 4.88. The molecule has 0 aliphatic rings. The molecule has 0 radical (unpaired) electrons. The van der Waals surface area contributed by atoms with Crippen molar-refractivity contribution in [2.24, 2.45) is 0 Å². The summed E-state index contributed by atoms with van der Waals surface area (Å²) < 4.78 is 12.2. The molecule has 0 bridgehead atoms. The zero-order valence-corrected chi connectivity index (χ0v) is 20.2. The summed E-state index contributed by atoms with van der Waals surface area (Å²) >= 11 is 0. The van der Waals surface area contributed by atoms with Gasteiger partial charge in [-0.05, 0) is 57.5 Å². The third-order valence-electron chi connectivity index (χ3n) is 4.60. The fraction of sp³-hybridized carbons (Fsp3) is 0.400. The number of hydrogen-bond acceptors (Lipinski definition) is 6. The molecule has 3 rings (SSSR count). The van der Waals surface area contributed by atoms with Crippen molar-refractivity contribution in [1.82, 2.24) is 14.9 Å². The molecular weight excluding hydrogens is 420 g/mol. The Morgan fingerprint density at radius 3 is 2.42 bits per heavy atom. The topological polar surface area (TPSA) is 108 Å². The van der Waals surface area contributed by atoms with Crippen LogP contribution in [-0.4, -0.2) is 40.4 Å². The van der Waals surface area contributed by atoms with Crippen LogP contribution in [0.4, 0.5) is 10.5 Å². The van der Waals surface area contributed by atoms with Gasteiger partial charge >= 0.3 is 12.1 Å². The molecule has 1 amide bonds. The number of alkyl carbamates (subject to hydrolysis) is 1. The third kappa shape index (κ3) is 6.97. The molecule has 1 heterocycles. The molecule has 0 fully saturated rings. The van der Waals surface area contributed by atoms with Crippen LogP contribution in [0.3, 0.4) is 0 Å². The van der Waals surface area contributed by atoms with Crippen molar-refractivity contribution in [2.75, 3.05) is 12.8 Å². The first-order valence-corrected chi connectivity index (χ1v) is 11.1. The second kappa shape index (κ2) is 11.4. The van der Waals surface area contributed by atoms with E-state index < -0.39 is 23.7 Å². The number of imidazole rings is 1. The molecule has 2 aromatic carbocycles. The van der Waals surface area contributed by atoms with E-state index in [9.17, 15) is 9.59 Å². The van der Waals surface area contributed by atoms with E-state index in [2.05, 4.69) is 5.32 Å². The maximum Gasteiger partial charge on any atom is 0.408 e. The number of amides is 1. The highest BCUT2D eigenvalue weighted by Crippen LogP contribution is 2.24. The van der Waals surface area contributed by atoms with Gasteiger partial charge < -0.3 is 20.5 Å². The van der Waals surface area contributed by atoms with E-state index in [0.29, 0.717) is 12.1 Å². The van der Waals surface area contributed by atoms with Crippen LogP contribution in [0.2, 0.25) is 0 Å². The highest BCUT2D eigenvalue weighted by atomic mass is 16.6. The summed E-state index contributed by atoms with van der Waals surface area (Å²) in [6.45, 7) is 9.27.